The maximum atomic E-state index is 13.7. The first-order valence-electron chi connectivity index (χ1n) is 15.5. The highest BCUT2D eigenvalue weighted by Gasteiger charge is 2.32. The van der Waals surface area contributed by atoms with Crippen molar-refractivity contribution in [3.63, 3.8) is 0 Å². The largest absolute Gasteiger partial charge is 0.497 e. The maximum Gasteiger partial charge on any atom is 0.331 e. The number of nitrogens with one attached hydrogen (secondary N) is 2. The van der Waals surface area contributed by atoms with Crippen molar-refractivity contribution in [2.75, 3.05) is 45.7 Å². The van der Waals surface area contributed by atoms with Crippen molar-refractivity contribution in [3.05, 3.63) is 74.0 Å². The number of rotatable bonds is 9. The van der Waals surface area contributed by atoms with Gasteiger partial charge < -0.3 is 29.9 Å². The third kappa shape index (κ3) is 7.14. The molecule has 2 aliphatic heterocycles. The van der Waals surface area contributed by atoms with Gasteiger partial charge in [0.15, 0.2) is 0 Å². The number of piperidine rings is 1. The van der Waals surface area contributed by atoms with E-state index in [2.05, 4.69) is 10.6 Å². The predicted molar refractivity (Wildman–Crippen MR) is 177 cm³/mol. The van der Waals surface area contributed by atoms with Crippen LogP contribution in [0.3, 0.4) is 0 Å². The third-order valence-electron chi connectivity index (χ3n) is 8.75. The number of carbonyl (C=O) groups is 3. The van der Waals surface area contributed by atoms with Crippen LogP contribution >= 0.6 is 11.6 Å². The van der Waals surface area contributed by atoms with Gasteiger partial charge in [0.25, 0.3) is 5.56 Å². The van der Waals surface area contributed by atoms with Crippen LogP contribution in [0.5, 0.6) is 11.5 Å². The summed E-state index contributed by atoms with van der Waals surface area (Å²) < 4.78 is 12.9. The second-order valence-electron chi connectivity index (χ2n) is 11.7. The summed E-state index contributed by atoms with van der Waals surface area (Å²) in [4.78, 5) is 69.2. The first-order chi connectivity index (χ1) is 22.5. The van der Waals surface area contributed by atoms with Crippen LogP contribution in [0.25, 0.3) is 11.1 Å². The lowest BCUT2D eigenvalue weighted by Crippen LogP contribution is -2.51. The van der Waals surface area contributed by atoms with Crippen LogP contribution < -0.4 is 31.4 Å². The molecule has 0 radical (unpaired) electrons. The van der Waals surface area contributed by atoms with Gasteiger partial charge >= 0.3 is 11.7 Å². The van der Waals surface area contributed by atoms with Gasteiger partial charge in [-0.1, -0.05) is 23.7 Å². The van der Waals surface area contributed by atoms with Crippen LogP contribution in [-0.4, -0.2) is 83.2 Å². The zero-order valence-corrected chi connectivity index (χ0v) is 27.6. The van der Waals surface area contributed by atoms with Gasteiger partial charge in [-0.2, -0.15) is 0 Å². The van der Waals surface area contributed by atoms with E-state index in [4.69, 9.17) is 21.1 Å². The number of amides is 4. The molecule has 2 aromatic carbocycles. The minimum Gasteiger partial charge on any atom is -0.497 e. The van der Waals surface area contributed by atoms with Crippen molar-refractivity contribution < 1.29 is 23.9 Å². The van der Waals surface area contributed by atoms with Gasteiger partial charge in [0, 0.05) is 56.6 Å². The number of nitrogens with zero attached hydrogens (tertiary/aromatic N) is 4. The van der Waals surface area contributed by atoms with Crippen molar-refractivity contribution >= 4 is 35.1 Å². The van der Waals surface area contributed by atoms with E-state index in [9.17, 15) is 24.0 Å². The molecule has 1 atom stereocenters. The molecule has 1 saturated heterocycles. The second-order valence-corrected chi connectivity index (χ2v) is 12.1. The van der Waals surface area contributed by atoms with Gasteiger partial charge in [-0.15, -0.1) is 0 Å². The van der Waals surface area contributed by atoms with Crippen molar-refractivity contribution in [1.82, 2.24) is 24.3 Å². The summed E-state index contributed by atoms with van der Waals surface area (Å²) in [6, 6.07) is 9.60. The monoisotopic (exact) mass is 666 g/mol. The molecule has 13 nitrogen and oxygen atoms in total. The Hall–Kier alpha value is -4.78. The van der Waals surface area contributed by atoms with Gasteiger partial charge in [-0.05, 0) is 56.0 Å². The Labute approximate surface area is 277 Å². The molecule has 2 N–H and O–H groups in total. The van der Waals surface area contributed by atoms with Gasteiger partial charge in [0.05, 0.1) is 30.8 Å². The Morgan fingerprint density at radius 3 is 2.47 bits per heavy atom. The molecule has 4 amide bonds. The summed E-state index contributed by atoms with van der Waals surface area (Å²) in [6.45, 7) is 4.04. The third-order valence-corrected chi connectivity index (χ3v) is 9.14. The molecule has 0 bridgehead atoms. The number of ether oxygens (including phenoxy) is 2. The highest BCUT2D eigenvalue weighted by Crippen LogP contribution is 2.33. The fourth-order valence-corrected chi connectivity index (χ4v) is 6.45. The fraction of sp³-hybridized carbons (Fsp3) is 0.424. The normalized spacial score (nSPS) is 15.7. The van der Waals surface area contributed by atoms with Crippen molar-refractivity contribution in [2.24, 2.45) is 0 Å². The number of halogens is 1. The fourth-order valence-electron chi connectivity index (χ4n) is 6.14. The molecule has 1 unspecified atom stereocenters. The quantitative estimate of drug-likeness (QED) is 0.357. The summed E-state index contributed by atoms with van der Waals surface area (Å²) in [5, 5.41) is 5.83. The number of aromatic nitrogens is 2. The molecule has 47 heavy (non-hydrogen) atoms. The Kier molecular flexibility index (Phi) is 10.2. The van der Waals surface area contributed by atoms with Gasteiger partial charge in [0.2, 0.25) is 11.8 Å². The Morgan fingerprint density at radius 2 is 1.79 bits per heavy atom. The van der Waals surface area contributed by atoms with Gasteiger partial charge in [-0.25, -0.2) is 9.59 Å². The van der Waals surface area contributed by atoms with E-state index >= 15 is 0 Å². The number of fused-ring (bicyclic) bond motifs is 1. The topological polar surface area (TPSA) is 144 Å². The van der Waals surface area contributed by atoms with Crippen LogP contribution in [0.2, 0.25) is 5.02 Å². The lowest BCUT2D eigenvalue weighted by Gasteiger charge is -2.38. The minimum atomic E-state index is -0.715. The summed E-state index contributed by atoms with van der Waals surface area (Å²) in [7, 11) is 3.06. The van der Waals surface area contributed by atoms with Gasteiger partial charge in [-0.3, -0.25) is 23.5 Å². The maximum absolute atomic E-state index is 13.7. The Bertz CT molecular complexity index is 1800. The molecule has 3 aromatic rings. The first kappa shape index (κ1) is 33.6. The summed E-state index contributed by atoms with van der Waals surface area (Å²) >= 11 is 6.58. The zero-order chi connectivity index (χ0) is 33.8. The molecule has 5 rings (SSSR count). The average Bonchev–Trinajstić information content (AvgIpc) is 3.22. The predicted octanol–water partition coefficient (Wildman–Crippen LogP) is 3.13. The number of likely N-dealkylation sites (tertiary alicyclic amines) is 1. The number of anilines is 1. The summed E-state index contributed by atoms with van der Waals surface area (Å²) in [5.41, 5.74) is 0.926. The smallest absolute Gasteiger partial charge is 0.331 e. The van der Waals surface area contributed by atoms with Crippen molar-refractivity contribution in [2.45, 2.75) is 51.7 Å². The number of hydrogen-bond donors (Lipinski definition) is 2. The molecule has 0 saturated carbocycles. The molecular weight excluding hydrogens is 628 g/mol. The zero-order valence-electron chi connectivity index (χ0n) is 26.9. The molecule has 3 heterocycles. The lowest BCUT2D eigenvalue weighted by molar-refractivity contribution is -0.133. The number of methoxy groups -OCH3 is 2. The molecule has 1 aromatic heterocycles. The van der Waals surface area contributed by atoms with Crippen LogP contribution in [0, 0.1) is 0 Å². The highest BCUT2D eigenvalue weighted by atomic mass is 35.5. The average molecular weight is 667 g/mol. The second kappa shape index (κ2) is 14.3. The van der Waals surface area contributed by atoms with Crippen LogP contribution in [0.4, 0.5) is 10.5 Å². The Morgan fingerprint density at radius 1 is 1.04 bits per heavy atom. The molecule has 14 heteroatoms. The summed E-state index contributed by atoms with van der Waals surface area (Å²) in [5.74, 6) is 0.472. The van der Waals surface area contributed by atoms with E-state index in [-0.39, 0.29) is 47.6 Å². The number of hydrogen-bond acceptors (Lipinski definition) is 7. The molecule has 250 valence electrons. The standard InChI is InChI=1S/C33H39ClN6O7/c1-20(17-35-21(2)41)40-31(43)26(25-6-5-7-28(47-4)30(25)34)18-38(33(40)45)19-29(42)37-13-11-23(12-14-37)39-15-10-22-16-24(46-3)8-9-27(22)36-32(39)44/h5-9,16,18,20,23H,10-15,17,19H2,1-4H3,(H,35,41)(H,36,44). The van der Waals surface area contributed by atoms with E-state index in [0.717, 1.165) is 21.6 Å². The van der Waals surface area contributed by atoms with E-state index < -0.39 is 17.3 Å². The van der Waals surface area contributed by atoms with Crippen molar-refractivity contribution in [3.8, 4) is 22.6 Å². The van der Waals surface area contributed by atoms with Gasteiger partial charge in [0.1, 0.15) is 18.0 Å². The van der Waals surface area contributed by atoms with Crippen LogP contribution in [0.1, 0.15) is 38.3 Å². The lowest BCUT2D eigenvalue weighted by atomic mass is 10.0. The van der Waals surface area contributed by atoms with Crippen LogP contribution in [-0.2, 0) is 22.6 Å². The molecule has 2 aliphatic rings. The van der Waals surface area contributed by atoms with Crippen LogP contribution in [0.15, 0.2) is 52.2 Å². The molecule has 0 aliphatic carbocycles. The first-order valence-corrected chi connectivity index (χ1v) is 15.9. The highest BCUT2D eigenvalue weighted by molar-refractivity contribution is 6.34. The number of benzene rings is 2. The van der Waals surface area contributed by atoms with E-state index in [0.29, 0.717) is 50.2 Å². The van der Waals surface area contributed by atoms with E-state index in [1.807, 2.05) is 23.1 Å². The molecule has 0 spiro atoms. The molecule has 1 fully saturated rings. The van der Waals surface area contributed by atoms with E-state index in [1.165, 1.54) is 24.8 Å². The minimum absolute atomic E-state index is 0.0317. The van der Waals surface area contributed by atoms with E-state index in [1.54, 1.807) is 37.1 Å². The summed E-state index contributed by atoms with van der Waals surface area (Å²) in [6.07, 6.45) is 3.17. The van der Waals surface area contributed by atoms with Crippen molar-refractivity contribution in [1.29, 1.82) is 0 Å². The molecular formula is C33H39ClN6O7. The Balaban J connectivity index is 1.35. The number of carbonyl (C=O) groups excluding carboxylic acids is 3. The SMILES string of the molecule is COc1ccc2c(c1)CCN(C1CCN(C(=O)Cn3cc(-c4cccc(OC)c4Cl)c(=O)n(C(C)CNC(C)=O)c3=O)CC1)C(=O)N2. The number of urea groups is 1.